The zero-order valence-electron chi connectivity index (χ0n) is 15.4. The van der Waals surface area contributed by atoms with E-state index in [-0.39, 0.29) is 0 Å². The van der Waals surface area contributed by atoms with E-state index in [0.29, 0.717) is 0 Å². The molecule has 4 aromatic rings. The van der Waals surface area contributed by atoms with Crippen molar-refractivity contribution in [3.8, 4) is 0 Å². The summed E-state index contributed by atoms with van der Waals surface area (Å²) in [4.78, 5) is 0. The average Bonchev–Trinajstić information content (AvgIpc) is 3.14. The van der Waals surface area contributed by atoms with Crippen molar-refractivity contribution in [1.82, 2.24) is 4.57 Å². The van der Waals surface area contributed by atoms with Crippen LogP contribution >= 0.6 is 26.3 Å². The van der Waals surface area contributed by atoms with E-state index in [1.54, 1.807) is 0 Å². The van der Waals surface area contributed by atoms with Crippen molar-refractivity contribution < 1.29 is 0 Å². The topological polar surface area (TPSA) is 4.93 Å². The third kappa shape index (κ3) is 3.05. The summed E-state index contributed by atoms with van der Waals surface area (Å²) in [7, 11) is 2.15. The Morgan fingerprint density at radius 3 is 1.37 bits per heavy atom. The van der Waals surface area contributed by atoms with E-state index >= 15 is 0 Å². The number of nitrogens with zero attached hydrogens (tertiary/aromatic N) is 1. The minimum atomic E-state index is -2.73. The van der Waals surface area contributed by atoms with Crippen LogP contribution in [0, 0.1) is 0 Å². The van der Waals surface area contributed by atoms with Gasteiger partial charge in [0, 0.05) is 0 Å². The van der Waals surface area contributed by atoms with Crippen molar-refractivity contribution in [2.45, 2.75) is 6.16 Å². The third-order valence-electron chi connectivity index (χ3n) is 5.39. The summed E-state index contributed by atoms with van der Waals surface area (Å²) in [5, 5.41) is 4.26. The summed E-state index contributed by atoms with van der Waals surface area (Å²) in [5.41, 5.74) is 1.36. The quantitative estimate of drug-likeness (QED) is 0.265. The minimum absolute atomic E-state index is 0.994. The molecule has 0 unspecified atom stereocenters. The van der Waals surface area contributed by atoms with Gasteiger partial charge in [-0.25, -0.2) is 0 Å². The standard InChI is InChI=1S/C24H23INP/c1-26-19-11-12-21(26)20-27(25,22-13-5-2-6-14-22,23-15-7-3-8-16-23)24-17-9-4-10-18-24/h2-19H,20H2,1H3. The van der Waals surface area contributed by atoms with Crippen molar-refractivity contribution in [3.05, 3.63) is 115 Å². The van der Waals surface area contributed by atoms with Crippen LogP contribution < -0.4 is 15.9 Å². The molecule has 3 aromatic carbocycles. The van der Waals surface area contributed by atoms with E-state index in [9.17, 15) is 0 Å². The Morgan fingerprint density at radius 1 is 0.630 bits per heavy atom. The van der Waals surface area contributed by atoms with E-state index in [1.165, 1.54) is 21.6 Å². The monoisotopic (exact) mass is 483 g/mol. The fourth-order valence-corrected chi connectivity index (χ4v) is 12.6. The molecule has 0 radical (unpaired) electrons. The fraction of sp³-hybridized carbons (Fsp3) is 0.0833. The molecule has 1 heterocycles. The van der Waals surface area contributed by atoms with Gasteiger partial charge in [0.25, 0.3) is 0 Å². The van der Waals surface area contributed by atoms with Crippen LogP contribution in [0.25, 0.3) is 0 Å². The summed E-state index contributed by atoms with van der Waals surface area (Å²) in [6, 6.07) is 37.7. The first kappa shape index (κ1) is 18.5. The Balaban J connectivity index is 2.11. The van der Waals surface area contributed by atoms with Crippen LogP contribution in [0.2, 0.25) is 0 Å². The first-order valence-corrected chi connectivity index (χ1v) is 14.3. The van der Waals surface area contributed by atoms with Gasteiger partial charge in [0.1, 0.15) is 0 Å². The van der Waals surface area contributed by atoms with Crippen LogP contribution in [0.1, 0.15) is 5.69 Å². The predicted octanol–water partition coefficient (Wildman–Crippen LogP) is 5.40. The van der Waals surface area contributed by atoms with Gasteiger partial charge in [0.05, 0.1) is 0 Å². The van der Waals surface area contributed by atoms with Crippen LogP contribution in [-0.4, -0.2) is 4.57 Å². The van der Waals surface area contributed by atoms with Gasteiger partial charge in [0.2, 0.25) is 0 Å². The van der Waals surface area contributed by atoms with E-state index in [4.69, 9.17) is 0 Å². The molecule has 136 valence electrons. The molecule has 0 spiro atoms. The van der Waals surface area contributed by atoms with Crippen LogP contribution in [0.3, 0.4) is 0 Å². The zero-order chi connectivity index (χ0) is 18.8. The first-order chi connectivity index (χ1) is 13.1. The molecule has 0 N–H and O–H groups in total. The summed E-state index contributed by atoms with van der Waals surface area (Å²) in [6.07, 6.45) is 3.14. The molecular formula is C24H23INP. The summed E-state index contributed by atoms with van der Waals surface area (Å²) in [5.74, 6) is 0. The third-order valence-corrected chi connectivity index (χ3v) is 16.5. The first-order valence-electron chi connectivity index (χ1n) is 9.13. The van der Waals surface area contributed by atoms with Gasteiger partial charge in [0.15, 0.2) is 0 Å². The number of rotatable bonds is 5. The molecule has 0 bridgehead atoms. The maximum atomic E-state index is 2.84. The van der Waals surface area contributed by atoms with Gasteiger partial charge in [-0.15, -0.1) is 0 Å². The van der Waals surface area contributed by atoms with Crippen LogP contribution in [0.15, 0.2) is 109 Å². The Hall–Kier alpha value is -1.90. The number of aromatic nitrogens is 1. The van der Waals surface area contributed by atoms with Crippen molar-refractivity contribution in [3.63, 3.8) is 0 Å². The number of benzene rings is 3. The predicted molar refractivity (Wildman–Crippen MR) is 128 cm³/mol. The number of aryl methyl sites for hydroxylation is 1. The van der Waals surface area contributed by atoms with Gasteiger partial charge >= 0.3 is 175 Å². The molecule has 0 aliphatic rings. The summed E-state index contributed by atoms with van der Waals surface area (Å²) in [6.45, 7) is 0. The molecule has 3 heteroatoms. The van der Waals surface area contributed by atoms with Crippen molar-refractivity contribution in [1.29, 1.82) is 0 Å². The second-order valence-corrected chi connectivity index (χ2v) is 17.6. The van der Waals surface area contributed by atoms with E-state index in [2.05, 4.69) is 143 Å². The fourth-order valence-electron chi connectivity index (χ4n) is 3.90. The molecule has 0 aliphatic carbocycles. The Bertz CT molecular complexity index is 926. The van der Waals surface area contributed by atoms with Crippen molar-refractivity contribution >= 4 is 42.2 Å². The molecule has 0 fully saturated rings. The Labute approximate surface area is 174 Å². The van der Waals surface area contributed by atoms with Gasteiger partial charge in [-0.05, 0) is 0 Å². The van der Waals surface area contributed by atoms with Crippen LogP contribution in [0.4, 0.5) is 0 Å². The molecule has 0 aliphatic heterocycles. The van der Waals surface area contributed by atoms with Gasteiger partial charge in [-0.1, -0.05) is 0 Å². The number of halogens is 1. The summed E-state index contributed by atoms with van der Waals surface area (Å²) >= 11 is 2.84. The van der Waals surface area contributed by atoms with Crippen molar-refractivity contribution in [2.24, 2.45) is 7.05 Å². The number of hydrogen-bond acceptors (Lipinski definition) is 0. The van der Waals surface area contributed by atoms with E-state index < -0.39 is 4.25 Å². The second-order valence-electron chi connectivity index (χ2n) is 6.96. The van der Waals surface area contributed by atoms with Crippen LogP contribution in [0.5, 0.6) is 0 Å². The normalized spacial score (nSPS) is 13.0. The Kier molecular flexibility index (Phi) is 4.96. The van der Waals surface area contributed by atoms with Gasteiger partial charge in [-0.2, -0.15) is 0 Å². The van der Waals surface area contributed by atoms with Crippen molar-refractivity contribution in [2.75, 3.05) is 0 Å². The Morgan fingerprint density at radius 2 is 1.04 bits per heavy atom. The van der Waals surface area contributed by atoms with Gasteiger partial charge < -0.3 is 0 Å². The SMILES string of the molecule is Cn1cccc1CP(I)(c1ccccc1)(c1ccccc1)c1ccccc1. The number of hydrogen-bond donors (Lipinski definition) is 0. The summed E-state index contributed by atoms with van der Waals surface area (Å²) < 4.78 is -0.467. The molecule has 4 rings (SSSR count). The molecule has 0 atom stereocenters. The molecule has 1 nitrogen and oxygen atoms in total. The average molecular weight is 483 g/mol. The molecule has 0 amide bonds. The maximum absolute atomic E-state index is 2.84. The van der Waals surface area contributed by atoms with E-state index in [0.717, 1.165) is 6.16 Å². The molecule has 1 aromatic heterocycles. The van der Waals surface area contributed by atoms with Gasteiger partial charge in [-0.3, -0.25) is 0 Å². The molecule has 27 heavy (non-hydrogen) atoms. The molecule has 0 saturated heterocycles. The molecular weight excluding hydrogens is 460 g/mol. The molecule has 0 saturated carbocycles. The second kappa shape index (κ2) is 7.26. The van der Waals surface area contributed by atoms with E-state index in [1.807, 2.05) is 0 Å². The zero-order valence-corrected chi connectivity index (χ0v) is 18.4. The van der Waals surface area contributed by atoms with Crippen LogP contribution in [-0.2, 0) is 13.2 Å².